The quantitative estimate of drug-likeness (QED) is 0.796. The molecule has 10 heteroatoms. The Bertz CT molecular complexity index is 564. The molecule has 0 saturated carbocycles. The highest BCUT2D eigenvalue weighted by molar-refractivity contribution is 6.42. The first-order chi connectivity index (χ1) is 9.54. The van der Waals surface area contributed by atoms with Gasteiger partial charge in [0, 0.05) is 14.1 Å². The van der Waals surface area contributed by atoms with Gasteiger partial charge in [0.1, 0.15) is 0 Å². The average Bonchev–Trinajstić information content (AvgIpc) is 2.37. The second-order valence-electron chi connectivity index (χ2n) is 4.05. The number of rotatable bonds is 1. The first kappa shape index (κ1) is 17.4. The number of urea groups is 1. The topological polar surface area (TPSA) is 52.7 Å². The van der Waals surface area contributed by atoms with Crippen molar-refractivity contribution in [1.82, 2.24) is 10.3 Å². The molecule has 0 bridgehead atoms. The Morgan fingerprint density at radius 1 is 1.14 bits per heavy atom. The van der Waals surface area contributed by atoms with Gasteiger partial charge in [-0.2, -0.15) is 13.2 Å². The van der Waals surface area contributed by atoms with Crippen LogP contribution in [0.3, 0.4) is 0 Å². The predicted molar refractivity (Wildman–Crippen MR) is 72.2 cm³/mol. The molecular weight excluding hydrogens is 334 g/mol. The molecule has 1 rings (SSSR count). The Hall–Kier alpha value is -1.67. The molecule has 0 aliphatic carbocycles. The van der Waals surface area contributed by atoms with E-state index in [0.717, 1.165) is 11.0 Å². The molecule has 0 atom stereocenters. The second kappa shape index (κ2) is 6.40. The normalized spacial score (nSPS) is 11.0. The maximum atomic E-state index is 12.3. The number of hydrogen-bond acceptors (Lipinski definition) is 2. The summed E-state index contributed by atoms with van der Waals surface area (Å²) in [5.41, 5.74) is 1.41. The summed E-state index contributed by atoms with van der Waals surface area (Å²) in [4.78, 5) is 23.9. The third kappa shape index (κ3) is 4.40. The van der Waals surface area contributed by atoms with Crippen LogP contribution >= 0.6 is 23.2 Å². The van der Waals surface area contributed by atoms with E-state index in [4.69, 9.17) is 23.2 Å². The van der Waals surface area contributed by atoms with Crippen LogP contribution in [0.15, 0.2) is 18.2 Å². The Morgan fingerprint density at radius 3 is 2.14 bits per heavy atom. The minimum absolute atomic E-state index is 0.0204. The monoisotopic (exact) mass is 343 g/mol. The molecule has 0 unspecified atom stereocenters. The summed E-state index contributed by atoms with van der Waals surface area (Å²) < 4.78 is 37.0. The number of nitrogens with zero attached hydrogens (tertiary/aromatic N) is 2. The van der Waals surface area contributed by atoms with Crippen LogP contribution in [0.5, 0.6) is 0 Å². The van der Waals surface area contributed by atoms with E-state index in [1.807, 2.05) is 0 Å². The van der Waals surface area contributed by atoms with E-state index in [1.54, 1.807) is 0 Å². The molecule has 0 aliphatic rings. The number of anilines is 1. The number of hydrazine groups is 1. The maximum absolute atomic E-state index is 12.3. The minimum atomic E-state index is -5.14. The molecule has 3 amide bonds. The smallest absolute Gasteiger partial charge is 0.329 e. The fourth-order valence-electron chi connectivity index (χ4n) is 1.21. The molecule has 0 spiro atoms. The Labute approximate surface area is 128 Å². The molecular formula is C11H10Cl2F3N3O2. The van der Waals surface area contributed by atoms with Crippen molar-refractivity contribution >= 4 is 40.8 Å². The summed E-state index contributed by atoms with van der Waals surface area (Å²) in [5, 5.41) is 0.602. The van der Waals surface area contributed by atoms with Gasteiger partial charge in [0.05, 0.1) is 15.7 Å². The van der Waals surface area contributed by atoms with E-state index in [1.165, 1.54) is 31.7 Å². The third-order valence-electron chi connectivity index (χ3n) is 2.21. The van der Waals surface area contributed by atoms with Gasteiger partial charge in [-0.25, -0.2) is 9.80 Å². The molecule has 1 aromatic rings. The van der Waals surface area contributed by atoms with E-state index in [2.05, 4.69) is 0 Å². The highest BCUT2D eigenvalue weighted by Crippen LogP contribution is 2.27. The van der Waals surface area contributed by atoms with Crippen molar-refractivity contribution in [2.75, 3.05) is 19.1 Å². The van der Waals surface area contributed by atoms with Crippen LogP contribution in [0.2, 0.25) is 10.0 Å². The summed E-state index contributed by atoms with van der Waals surface area (Å²) in [7, 11) is 2.62. The number of amides is 3. The molecule has 0 fully saturated rings. The average molecular weight is 344 g/mol. The fraction of sp³-hybridized carbons (Fsp3) is 0.273. The molecule has 21 heavy (non-hydrogen) atoms. The fourth-order valence-corrected chi connectivity index (χ4v) is 1.50. The van der Waals surface area contributed by atoms with Crippen LogP contribution in [0.1, 0.15) is 0 Å². The van der Waals surface area contributed by atoms with Gasteiger partial charge in [0.2, 0.25) is 0 Å². The highest BCUT2D eigenvalue weighted by Gasteiger charge is 2.41. The zero-order chi connectivity index (χ0) is 16.4. The molecule has 0 aliphatic heterocycles. The number of hydrogen-bond donors (Lipinski definition) is 1. The summed E-state index contributed by atoms with van der Waals surface area (Å²) in [6.45, 7) is 0. The van der Waals surface area contributed by atoms with Crippen LogP contribution in [-0.4, -0.2) is 37.1 Å². The van der Waals surface area contributed by atoms with Crippen LogP contribution in [0.4, 0.5) is 23.7 Å². The Balaban J connectivity index is 3.17. The van der Waals surface area contributed by atoms with E-state index in [9.17, 15) is 22.8 Å². The Kier molecular flexibility index (Phi) is 5.30. The first-order valence-corrected chi connectivity index (χ1v) is 6.14. The SMILES string of the molecule is CN(C)C(=O)N(NC(=O)C(F)(F)F)c1ccc(Cl)c(Cl)c1. The van der Waals surface area contributed by atoms with Gasteiger partial charge >= 0.3 is 18.1 Å². The van der Waals surface area contributed by atoms with Gasteiger partial charge < -0.3 is 4.90 Å². The van der Waals surface area contributed by atoms with Gasteiger partial charge in [-0.1, -0.05) is 23.2 Å². The predicted octanol–water partition coefficient (Wildman–Crippen LogP) is 3.07. The van der Waals surface area contributed by atoms with Crippen LogP contribution in [-0.2, 0) is 4.79 Å². The lowest BCUT2D eigenvalue weighted by atomic mass is 10.3. The van der Waals surface area contributed by atoms with Crippen LogP contribution in [0.25, 0.3) is 0 Å². The van der Waals surface area contributed by atoms with Gasteiger partial charge in [-0.05, 0) is 18.2 Å². The molecule has 1 aromatic carbocycles. The third-order valence-corrected chi connectivity index (χ3v) is 2.95. The number of benzene rings is 1. The van der Waals surface area contributed by atoms with Gasteiger partial charge in [0.15, 0.2) is 0 Å². The lowest BCUT2D eigenvalue weighted by molar-refractivity contribution is -0.173. The summed E-state index contributed by atoms with van der Waals surface area (Å²) in [6, 6.07) is 2.79. The molecule has 116 valence electrons. The second-order valence-corrected chi connectivity index (χ2v) is 4.86. The lowest BCUT2D eigenvalue weighted by Crippen LogP contribution is -2.54. The van der Waals surface area contributed by atoms with E-state index < -0.39 is 18.1 Å². The molecule has 0 radical (unpaired) electrons. The number of alkyl halides is 3. The largest absolute Gasteiger partial charge is 0.472 e. The minimum Gasteiger partial charge on any atom is -0.329 e. The van der Waals surface area contributed by atoms with Crippen molar-refractivity contribution in [2.45, 2.75) is 6.18 Å². The van der Waals surface area contributed by atoms with Crippen LogP contribution in [0, 0.1) is 0 Å². The lowest BCUT2D eigenvalue weighted by Gasteiger charge is -2.26. The number of halogens is 5. The highest BCUT2D eigenvalue weighted by atomic mass is 35.5. The summed E-state index contributed by atoms with van der Waals surface area (Å²) in [6.07, 6.45) is -5.14. The number of carbonyl (C=O) groups is 2. The standard InChI is InChI=1S/C11H10Cl2F3N3O2/c1-18(2)10(21)19(17-9(20)11(14,15)16)6-3-4-7(12)8(13)5-6/h3-5H,1-2H3,(H,17,20). The van der Waals surface area contributed by atoms with E-state index in [0.29, 0.717) is 5.01 Å². The molecule has 0 heterocycles. The van der Waals surface area contributed by atoms with Gasteiger partial charge in [-0.15, -0.1) is 0 Å². The van der Waals surface area contributed by atoms with Crippen molar-refractivity contribution in [3.8, 4) is 0 Å². The van der Waals surface area contributed by atoms with Crippen molar-refractivity contribution in [3.63, 3.8) is 0 Å². The molecule has 0 saturated heterocycles. The van der Waals surface area contributed by atoms with Crippen molar-refractivity contribution in [1.29, 1.82) is 0 Å². The molecule has 5 nitrogen and oxygen atoms in total. The van der Waals surface area contributed by atoms with Crippen molar-refractivity contribution in [2.24, 2.45) is 0 Å². The zero-order valence-electron chi connectivity index (χ0n) is 10.8. The van der Waals surface area contributed by atoms with Gasteiger partial charge in [-0.3, -0.25) is 10.2 Å². The molecule has 1 N–H and O–H groups in total. The van der Waals surface area contributed by atoms with Gasteiger partial charge in [0.25, 0.3) is 0 Å². The summed E-state index contributed by atoms with van der Waals surface area (Å²) in [5.74, 6) is -2.29. The van der Waals surface area contributed by atoms with Crippen molar-refractivity contribution < 1.29 is 22.8 Å². The zero-order valence-corrected chi connectivity index (χ0v) is 12.3. The molecule has 0 aromatic heterocycles. The van der Waals surface area contributed by atoms with E-state index in [-0.39, 0.29) is 15.7 Å². The Morgan fingerprint density at radius 2 is 1.71 bits per heavy atom. The number of carbonyl (C=O) groups excluding carboxylic acids is 2. The summed E-state index contributed by atoms with van der Waals surface area (Å²) >= 11 is 11.4. The first-order valence-electron chi connectivity index (χ1n) is 5.38. The van der Waals surface area contributed by atoms with E-state index >= 15 is 0 Å². The van der Waals surface area contributed by atoms with Crippen molar-refractivity contribution in [3.05, 3.63) is 28.2 Å². The van der Waals surface area contributed by atoms with Crippen LogP contribution < -0.4 is 10.4 Å². The number of nitrogens with one attached hydrogen (secondary N) is 1. The maximum Gasteiger partial charge on any atom is 0.472 e.